The van der Waals surface area contributed by atoms with Gasteiger partial charge in [-0.1, -0.05) is 6.07 Å². The maximum atomic E-state index is 13.1. The lowest BCUT2D eigenvalue weighted by Crippen LogP contribution is -2.41. The normalized spacial score (nSPS) is 16.7. The number of hydrogen-bond donors (Lipinski definition) is 0. The monoisotopic (exact) mass is 350 g/mol. The molecule has 0 saturated heterocycles. The second-order valence-corrected chi connectivity index (χ2v) is 6.50. The summed E-state index contributed by atoms with van der Waals surface area (Å²) in [5, 5.41) is 5.42. The van der Waals surface area contributed by atoms with Crippen molar-refractivity contribution in [3.05, 3.63) is 60.0 Å². The molecule has 0 spiro atoms. The van der Waals surface area contributed by atoms with Crippen LogP contribution in [-0.4, -0.2) is 45.3 Å². The molecule has 0 radical (unpaired) electrons. The molecule has 1 aliphatic rings. The maximum Gasteiger partial charge on any atom is 0.254 e. The average Bonchev–Trinajstić information content (AvgIpc) is 3.16. The molecule has 1 aromatic carbocycles. The third kappa shape index (κ3) is 3.20. The molecule has 3 heterocycles. The number of carbonyl (C=O) groups is 1. The molecule has 26 heavy (non-hydrogen) atoms. The number of aromatic nitrogens is 3. The van der Waals surface area contributed by atoms with Gasteiger partial charge in [-0.2, -0.15) is 5.10 Å². The summed E-state index contributed by atoms with van der Waals surface area (Å²) in [5.41, 5.74) is 2.66. The van der Waals surface area contributed by atoms with Gasteiger partial charge < -0.3 is 9.64 Å². The zero-order valence-corrected chi connectivity index (χ0v) is 14.8. The number of nitrogens with zero attached hydrogens (tertiary/aromatic N) is 4. The van der Waals surface area contributed by atoms with Gasteiger partial charge in [0.15, 0.2) is 0 Å². The minimum Gasteiger partial charge on any atom is -0.382 e. The number of ether oxygens (including phenoxy) is 1. The smallest absolute Gasteiger partial charge is 0.254 e. The molecule has 1 aliphatic heterocycles. The molecule has 0 saturated carbocycles. The molecule has 1 amide bonds. The molecule has 1 atom stereocenters. The molecular weight excluding hydrogens is 328 g/mol. The molecule has 0 aliphatic carbocycles. The SMILES string of the molecule is CCOCCC1CN(C(=O)c2ccc3ncccc3c2)Cc2ccnn21. The molecule has 2 aromatic heterocycles. The summed E-state index contributed by atoms with van der Waals surface area (Å²) in [4.78, 5) is 19.3. The first kappa shape index (κ1) is 16.7. The molecular formula is C20H22N4O2. The van der Waals surface area contributed by atoms with E-state index in [1.165, 1.54) is 0 Å². The third-order valence-corrected chi connectivity index (χ3v) is 4.82. The van der Waals surface area contributed by atoms with Gasteiger partial charge in [-0.15, -0.1) is 0 Å². The minimum absolute atomic E-state index is 0.0459. The lowest BCUT2D eigenvalue weighted by atomic mass is 10.1. The molecule has 0 N–H and O–H groups in total. The summed E-state index contributed by atoms with van der Waals surface area (Å²) in [6, 6.07) is 11.7. The standard InChI is InChI=1S/C20H22N4O2/c1-2-26-11-8-18-14-23(13-17-7-10-22-24(17)18)20(25)16-5-6-19-15(12-16)4-3-9-21-19/h3-7,9-10,12,18H,2,8,11,13-14H2,1H3. The van der Waals surface area contributed by atoms with Crippen molar-refractivity contribution in [3.63, 3.8) is 0 Å². The van der Waals surface area contributed by atoms with Crippen LogP contribution in [0.4, 0.5) is 0 Å². The van der Waals surface area contributed by atoms with Crippen molar-refractivity contribution in [2.75, 3.05) is 19.8 Å². The molecule has 4 rings (SSSR count). The summed E-state index contributed by atoms with van der Waals surface area (Å²) in [6.07, 6.45) is 4.41. The Kier molecular flexibility index (Phi) is 4.67. The Bertz CT molecular complexity index is 921. The van der Waals surface area contributed by atoms with E-state index >= 15 is 0 Å². The summed E-state index contributed by atoms with van der Waals surface area (Å²) >= 11 is 0. The van der Waals surface area contributed by atoms with Crippen molar-refractivity contribution in [1.82, 2.24) is 19.7 Å². The molecule has 6 nitrogen and oxygen atoms in total. The summed E-state index contributed by atoms with van der Waals surface area (Å²) in [5.74, 6) is 0.0459. The highest BCUT2D eigenvalue weighted by atomic mass is 16.5. The molecule has 134 valence electrons. The van der Waals surface area contributed by atoms with E-state index in [-0.39, 0.29) is 11.9 Å². The molecule has 1 unspecified atom stereocenters. The average molecular weight is 350 g/mol. The number of rotatable bonds is 5. The van der Waals surface area contributed by atoms with Crippen LogP contribution >= 0.6 is 0 Å². The maximum absolute atomic E-state index is 13.1. The van der Waals surface area contributed by atoms with Crippen LogP contribution < -0.4 is 0 Å². The fourth-order valence-corrected chi connectivity index (χ4v) is 3.51. The summed E-state index contributed by atoms with van der Waals surface area (Å²) in [7, 11) is 0. The molecule has 0 fully saturated rings. The van der Waals surface area contributed by atoms with Crippen LogP contribution in [0.5, 0.6) is 0 Å². The highest BCUT2D eigenvalue weighted by Gasteiger charge is 2.29. The van der Waals surface area contributed by atoms with Gasteiger partial charge in [0.2, 0.25) is 0 Å². The van der Waals surface area contributed by atoms with Gasteiger partial charge >= 0.3 is 0 Å². The topological polar surface area (TPSA) is 60.2 Å². The Labute approximate surface area is 152 Å². The van der Waals surface area contributed by atoms with Gasteiger partial charge in [-0.3, -0.25) is 14.5 Å². The van der Waals surface area contributed by atoms with Crippen molar-refractivity contribution < 1.29 is 9.53 Å². The van der Waals surface area contributed by atoms with Gasteiger partial charge in [-0.05, 0) is 43.7 Å². The zero-order chi connectivity index (χ0) is 17.9. The first-order chi connectivity index (χ1) is 12.8. The molecule has 3 aromatic rings. The largest absolute Gasteiger partial charge is 0.382 e. The first-order valence-corrected chi connectivity index (χ1v) is 9.00. The van der Waals surface area contributed by atoms with Crippen LogP contribution in [0.3, 0.4) is 0 Å². The Balaban J connectivity index is 1.57. The van der Waals surface area contributed by atoms with Crippen LogP contribution in [0.1, 0.15) is 35.4 Å². The van der Waals surface area contributed by atoms with Crippen LogP contribution in [0.25, 0.3) is 10.9 Å². The van der Waals surface area contributed by atoms with Crippen LogP contribution in [0.15, 0.2) is 48.8 Å². The van der Waals surface area contributed by atoms with Crippen molar-refractivity contribution in [3.8, 4) is 0 Å². The van der Waals surface area contributed by atoms with Gasteiger partial charge in [0.1, 0.15) is 0 Å². The van der Waals surface area contributed by atoms with Gasteiger partial charge in [-0.25, -0.2) is 0 Å². The first-order valence-electron chi connectivity index (χ1n) is 9.00. The molecule has 6 heteroatoms. The van der Waals surface area contributed by atoms with E-state index in [2.05, 4.69) is 10.1 Å². The predicted octanol–water partition coefficient (Wildman–Crippen LogP) is 3.06. The quantitative estimate of drug-likeness (QED) is 0.664. The number of carbonyl (C=O) groups excluding carboxylic acids is 1. The summed E-state index contributed by atoms with van der Waals surface area (Å²) in [6.45, 7) is 4.59. The number of pyridine rings is 1. The number of amides is 1. The number of benzene rings is 1. The lowest BCUT2D eigenvalue weighted by molar-refractivity contribution is 0.0625. The Morgan fingerprint density at radius 3 is 3.08 bits per heavy atom. The minimum atomic E-state index is 0.0459. The predicted molar refractivity (Wildman–Crippen MR) is 98.9 cm³/mol. The fourth-order valence-electron chi connectivity index (χ4n) is 3.51. The van der Waals surface area contributed by atoms with Gasteiger partial charge in [0, 0.05) is 43.1 Å². The van der Waals surface area contributed by atoms with E-state index in [4.69, 9.17) is 4.74 Å². The highest BCUT2D eigenvalue weighted by Crippen LogP contribution is 2.25. The van der Waals surface area contributed by atoms with Crippen molar-refractivity contribution in [2.24, 2.45) is 0 Å². The van der Waals surface area contributed by atoms with Crippen LogP contribution in [0, 0.1) is 0 Å². The number of fused-ring (bicyclic) bond motifs is 2. The van der Waals surface area contributed by atoms with E-state index in [0.717, 1.165) is 23.0 Å². The van der Waals surface area contributed by atoms with Crippen molar-refractivity contribution in [1.29, 1.82) is 0 Å². The molecule has 0 bridgehead atoms. The second kappa shape index (κ2) is 7.25. The Morgan fingerprint density at radius 1 is 1.27 bits per heavy atom. The third-order valence-electron chi connectivity index (χ3n) is 4.82. The summed E-state index contributed by atoms with van der Waals surface area (Å²) < 4.78 is 7.54. The lowest BCUT2D eigenvalue weighted by Gasteiger charge is -2.34. The fraction of sp³-hybridized carbons (Fsp3) is 0.350. The van der Waals surface area contributed by atoms with E-state index in [1.54, 1.807) is 12.4 Å². The van der Waals surface area contributed by atoms with Gasteiger partial charge in [0.05, 0.1) is 23.8 Å². The van der Waals surface area contributed by atoms with E-state index in [1.807, 2.05) is 52.9 Å². The Hall–Kier alpha value is -2.73. The van der Waals surface area contributed by atoms with Crippen molar-refractivity contribution in [2.45, 2.75) is 25.9 Å². The van der Waals surface area contributed by atoms with E-state index in [0.29, 0.717) is 31.9 Å². The van der Waals surface area contributed by atoms with E-state index < -0.39 is 0 Å². The second-order valence-electron chi connectivity index (χ2n) is 6.50. The highest BCUT2D eigenvalue weighted by molar-refractivity contribution is 5.98. The number of hydrogen-bond acceptors (Lipinski definition) is 4. The van der Waals surface area contributed by atoms with Crippen molar-refractivity contribution >= 4 is 16.8 Å². The van der Waals surface area contributed by atoms with Crippen LogP contribution in [0.2, 0.25) is 0 Å². The zero-order valence-electron chi connectivity index (χ0n) is 14.8. The van der Waals surface area contributed by atoms with Gasteiger partial charge in [0.25, 0.3) is 5.91 Å². The van der Waals surface area contributed by atoms with E-state index in [9.17, 15) is 4.79 Å². The Morgan fingerprint density at radius 2 is 2.19 bits per heavy atom. The van der Waals surface area contributed by atoms with Crippen LogP contribution in [-0.2, 0) is 11.3 Å².